The minimum Gasteiger partial charge on any atom is -0.350 e. The third-order valence-corrected chi connectivity index (χ3v) is 4.89. The first-order chi connectivity index (χ1) is 11.6. The Balaban J connectivity index is 1.49. The lowest BCUT2D eigenvalue weighted by Gasteiger charge is -2.21. The number of carbonyl (C=O) groups excluding carboxylic acids is 2. The maximum atomic E-state index is 12.5. The van der Waals surface area contributed by atoms with Gasteiger partial charge < -0.3 is 15.5 Å². The Morgan fingerprint density at radius 2 is 2.00 bits per heavy atom. The fourth-order valence-corrected chi connectivity index (χ4v) is 3.50. The van der Waals surface area contributed by atoms with Crippen LogP contribution >= 0.6 is 0 Å². The summed E-state index contributed by atoms with van der Waals surface area (Å²) in [4.78, 5) is 26.4. The third-order valence-electron chi connectivity index (χ3n) is 4.89. The van der Waals surface area contributed by atoms with Crippen LogP contribution < -0.4 is 10.6 Å². The lowest BCUT2D eigenvalue weighted by atomic mass is 10.0. The van der Waals surface area contributed by atoms with Gasteiger partial charge in [-0.3, -0.25) is 9.59 Å². The second kappa shape index (κ2) is 5.76. The van der Waals surface area contributed by atoms with Crippen LogP contribution in [0.3, 0.4) is 0 Å². The normalized spacial score (nSPS) is 18.5. The average molecular weight is 321 g/mol. The molecular formula is C19H19N3O2. The second-order valence-corrected chi connectivity index (χ2v) is 6.32. The van der Waals surface area contributed by atoms with Crippen LogP contribution in [-0.4, -0.2) is 30.3 Å². The van der Waals surface area contributed by atoms with Crippen LogP contribution in [0.5, 0.6) is 0 Å². The summed E-state index contributed by atoms with van der Waals surface area (Å²) in [7, 11) is 1.78. The number of hydrogen-bond acceptors (Lipinski definition) is 3. The van der Waals surface area contributed by atoms with E-state index in [2.05, 4.69) is 10.6 Å². The van der Waals surface area contributed by atoms with Crippen LogP contribution in [-0.2, 0) is 13.1 Å². The number of nitrogens with one attached hydrogen (secondary N) is 2. The van der Waals surface area contributed by atoms with E-state index in [1.165, 1.54) is 11.1 Å². The topological polar surface area (TPSA) is 61.4 Å². The van der Waals surface area contributed by atoms with Crippen LogP contribution in [0.1, 0.15) is 43.4 Å². The maximum Gasteiger partial charge on any atom is 0.254 e. The molecule has 4 rings (SSSR count). The highest BCUT2D eigenvalue weighted by molar-refractivity contribution is 5.99. The first-order valence-corrected chi connectivity index (χ1v) is 8.12. The van der Waals surface area contributed by atoms with Crippen LogP contribution in [0.15, 0.2) is 42.5 Å². The predicted octanol–water partition coefficient (Wildman–Crippen LogP) is 1.85. The smallest absolute Gasteiger partial charge is 0.254 e. The number of nitrogens with zero attached hydrogens (tertiary/aromatic N) is 1. The molecule has 122 valence electrons. The number of hydrogen-bond donors (Lipinski definition) is 2. The van der Waals surface area contributed by atoms with Gasteiger partial charge in [0, 0.05) is 37.8 Å². The van der Waals surface area contributed by atoms with Gasteiger partial charge in [0.25, 0.3) is 11.8 Å². The molecule has 1 unspecified atom stereocenters. The van der Waals surface area contributed by atoms with Crippen molar-refractivity contribution in [3.05, 3.63) is 70.3 Å². The predicted molar refractivity (Wildman–Crippen MR) is 90.6 cm³/mol. The molecule has 0 spiro atoms. The summed E-state index contributed by atoms with van der Waals surface area (Å²) in [6.07, 6.45) is 0. The van der Waals surface area contributed by atoms with Gasteiger partial charge in [0.2, 0.25) is 0 Å². The Bertz CT molecular complexity index is 831. The monoisotopic (exact) mass is 321 g/mol. The van der Waals surface area contributed by atoms with E-state index in [9.17, 15) is 9.59 Å². The Morgan fingerprint density at radius 3 is 2.88 bits per heavy atom. The second-order valence-electron chi connectivity index (χ2n) is 6.32. The molecule has 0 saturated heterocycles. The Kier molecular flexibility index (Phi) is 3.58. The number of fused-ring (bicyclic) bond motifs is 2. The Morgan fingerprint density at radius 1 is 1.21 bits per heavy atom. The van der Waals surface area contributed by atoms with Crippen LogP contribution in [0.4, 0.5) is 0 Å². The van der Waals surface area contributed by atoms with Crippen LogP contribution in [0, 0.1) is 0 Å². The van der Waals surface area contributed by atoms with E-state index in [4.69, 9.17) is 0 Å². The van der Waals surface area contributed by atoms with Gasteiger partial charge in [-0.1, -0.05) is 24.3 Å². The zero-order valence-corrected chi connectivity index (χ0v) is 13.5. The molecule has 1 atom stereocenters. The zero-order chi connectivity index (χ0) is 16.7. The molecule has 5 nitrogen and oxygen atoms in total. The molecule has 24 heavy (non-hydrogen) atoms. The molecule has 0 radical (unpaired) electrons. The molecule has 2 aromatic carbocycles. The molecule has 2 heterocycles. The summed E-state index contributed by atoms with van der Waals surface area (Å²) in [6.45, 7) is 2.08. The van der Waals surface area contributed by atoms with Crippen molar-refractivity contribution in [2.45, 2.75) is 19.1 Å². The minimum absolute atomic E-state index is 0.00783. The molecule has 0 aromatic heterocycles. The summed E-state index contributed by atoms with van der Waals surface area (Å²) < 4.78 is 0. The lowest BCUT2D eigenvalue weighted by molar-refractivity contribution is 0.0761. The highest BCUT2D eigenvalue weighted by Crippen LogP contribution is 2.31. The molecule has 2 N–H and O–H groups in total. The van der Waals surface area contributed by atoms with Crippen molar-refractivity contribution < 1.29 is 9.59 Å². The summed E-state index contributed by atoms with van der Waals surface area (Å²) in [6, 6.07) is 13.3. The molecule has 2 aliphatic rings. The van der Waals surface area contributed by atoms with Gasteiger partial charge in [0.15, 0.2) is 0 Å². The van der Waals surface area contributed by atoms with Gasteiger partial charge >= 0.3 is 0 Å². The van der Waals surface area contributed by atoms with Crippen LogP contribution in [0.2, 0.25) is 0 Å². The molecule has 2 aliphatic heterocycles. The number of amides is 2. The molecule has 0 fully saturated rings. The zero-order valence-electron chi connectivity index (χ0n) is 13.5. The lowest BCUT2D eigenvalue weighted by Crippen LogP contribution is -2.34. The number of likely N-dealkylation sites (N-methyl/N-ethyl adjacent to an activating group) is 1. The van der Waals surface area contributed by atoms with E-state index in [1.54, 1.807) is 11.9 Å². The quantitative estimate of drug-likeness (QED) is 0.907. The van der Waals surface area contributed by atoms with E-state index >= 15 is 0 Å². The van der Waals surface area contributed by atoms with Crippen molar-refractivity contribution in [3.63, 3.8) is 0 Å². The van der Waals surface area contributed by atoms with Gasteiger partial charge in [-0.2, -0.15) is 0 Å². The van der Waals surface area contributed by atoms with E-state index < -0.39 is 0 Å². The highest BCUT2D eigenvalue weighted by atomic mass is 16.2. The van der Waals surface area contributed by atoms with Gasteiger partial charge in [0.05, 0.1) is 6.04 Å². The number of rotatable bonds is 3. The molecule has 0 aliphatic carbocycles. The van der Waals surface area contributed by atoms with Crippen molar-refractivity contribution in [3.8, 4) is 0 Å². The van der Waals surface area contributed by atoms with Gasteiger partial charge in [0.1, 0.15) is 0 Å². The van der Waals surface area contributed by atoms with Crippen molar-refractivity contribution in [1.82, 2.24) is 15.5 Å². The standard InChI is InChI=1S/C19H19N3O2/c1-22-17(15-4-2-3-5-16(15)19(22)24)11-21-18(23)12-6-7-13-9-20-10-14(13)8-12/h2-8,17,20H,9-11H2,1H3,(H,21,23). The fraction of sp³-hybridized carbons (Fsp3) is 0.263. The fourth-order valence-electron chi connectivity index (χ4n) is 3.50. The summed E-state index contributed by atoms with van der Waals surface area (Å²) in [5.41, 5.74) is 4.80. The average Bonchev–Trinajstić information content (AvgIpc) is 3.17. The molecule has 0 bridgehead atoms. The number of benzene rings is 2. The minimum atomic E-state index is -0.117. The molecule has 2 aromatic rings. The van der Waals surface area contributed by atoms with E-state index in [0.29, 0.717) is 12.1 Å². The van der Waals surface area contributed by atoms with E-state index in [1.807, 2.05) is 42.5 Å². The third kappa shape index (κ3) is 2.37. The van der Waals surface area contributed by atoms with Crippen molar-refractivity contribution in [1.29, 1.82) is 0 Å². The van der Waals surface area contributed by atoms with Crippen molar-refractivity contribution in [2.24, 2.45) is 0 Å². The van der Waals surface area contributed by atoms with Crippen molar-refractivity contribution >= 4 is 11.8 Å². The van der Waals surface area contributed by atoms with Crippen LogP contribution in [0.25, 0.3) is 0 Å². The highest BCUT2D eigenvalue weighted by Gasteiger charge is 2.33. The first-order valence-electron chi connectivity index (χ1n) is 8.12. The van der Waals surface area contributed by atoms with Gasteiger partial charge in [-0.05, 0) is 34.9 Å². The summed E-state index contributed by atoms with van der Waals surface area (Å²) in [5, 5.41) is 6.25. The SMILES string of the molecule is CN1C(=O)c2ccccc2C1CNC(=O)c1ccc2c(c1)CNC2. The Labute approximate surface area is 140 Å². The molecule has 5 heteroatoms. The van der Waals surface area contributed by atoms with Crippen molar-refractivity contribution in [2.75, 3.05) is 13.6 Å². The Hall–Kier alpha value is -2.66. The summed E-state index contributed by atoms with van der Waals surface area (Å²) >= 11 is 0. The molecule has 0 saturated carbocycles. The molecule has 2 amide bonds. The van der Waals surface area contributed by atoms with E-state index in [-0.39, 0.29) is 17.9 Å². The molecular weight excluding hydrogens is 302 g/mol. The summed E-state index contributed by atoms with van der Waals surface area (Å²) in [5.74, 6) is -0.0941. The van der Waals surface area contributed by atoms with Gasteiger partial charge in [-0.25, -0.2) is 0 Å². The number of carbonyl (C=O) groups is 2. The maximum absolute atomic E-state index is 12.5. The first kappa shape index (κ1) is 14.9. The van der Waals surface area contributed by atoms with Gasteiger partial charge in [-0.15, -0.1) is 0 Å². The van der Waals surface area contributed by atoms with E-state index in [0.717, 1.165) is 24.2 Å². The largest absolute Gasteiger partial charge is 0.350 e.